The maximum absolute atomic E-state index is 13.6. The van der Waals surface area contributed by atoms with Crippen molar-refractivity contribution in [3.8, 4) is 11.3 Å². The van der Waals surface area contributed by atoms with Gasteiger partial charge < -0.3 is 20.5 Å². The number of pyridine rings is 1. The van der Waals surface area contributed by atoms with Crippen LogP contribution in [-0.4, -0.2) is 64.8 Å². The molecule has 3 N–H and O–H groups in total. The summed E-state index contributed by atoms with van der Waals surface area (Å²) in [6, 6.07) is 11.2. The summed E-state index contributed by atoms with van der Waals surface area (Å²) in [6.45, 7) is 3.19. The first kappa shape index (κ1) is 22.3. The average Bonchev–Trinajstić information content (AvgIpc) is 3.05. The number of carbonyl (C=O) groups is 2. The van der Waals surface area contributed by atoms with Gasteiger partial charge in [0.2, 0.25) is 0 Å². The fourth-order valence-electron chi connectivity index (χ4n) is 4.42. The molecule has 4 aromatic rings. The lowest BCUT2D eigenvalue weighted by atomic mass is 10.1. The molecule has 0 unspecified atom stereocenters. The molecule has 0 radical (unpaired) electrons. The van der Waals surface area contributed by atoms with Crippen LogP contribution in [-0.2, 0) is 0 Å². The third kappa shape index (κ3) is 3.99. The molecule has 1 fully saturated rings. The summed E-state index contributed by atoms with van der Waals surface area (Å²) < 4.78 is 13.6. The van der Waals surface area contributed by atoms with Gasteiger partial charge in [0.05, 0.1) is 27.3 Å². The minimum atomic E-state index is -0.626. The lowest BCUT2D eigenvalue weighted by Gasteiger charge is -2.20. The first-order valence-corrected chi connectivity index (χ1v) is 11.4. The van der Waals surface area contributed by atoms with Crippen LogP contribution in [0.2, 0.25) is 5.02 Å². The molecule has 1 aliphatic rings. The average molecular weight is 480 g/mol. The molecule has 3 heterocycles. The van der Waals surface area contributed by atoms with Crippen molar-refractivity contribution in [2.24, 2.45) is 5.73 Å². The number of fused-ring (bicyclic) bond motifs is 3. The third-order valence-electron chi connectivity index (χ3n) is 6.29. The van der Waals surface area contributed by atoms with E-state index in [1.165, 1.54) is 12.1 Å². The fourth-order valence-corrected chi connectivity index (χ4v) is 4.60. The Morgan fingerprint density at radius 2 is 1.91 bits per heavy atom. The van der Waals surface area contributed by atoms with Crippen LogP contribution in [0, 0.1) is 5.82 Å². The first-order valence-electron chi connectivity index (χ1n) is 11.0. The van der Waals surface area contributed by atoms with Crippen LogP contribution in [0.4, 0.5) is 4.39 Å². The number of rotatable bonds is 3. The molecule has 0 aliphatic carbocycles. The number of nitrogens with two attached hydrogens (primary N) is 1. The lowest BCUT2D eigenvalue weighted by molar-refractivity contribution is 0.0762. The molecule has 1 aliphatic heterocycles. The summed E-state index contributed by atoms with van der Waals surface area (Å²) in [7, 11) is 2.06. The van der Waals surface area contributed by atoms with E-state index >= 15 is 0 Å². The number of halogens is 2. The summed E-state index contributed by atoms with van der Waals surface area (Å²) in [5.41, 5.74) is 9.19. The van der Waals surface area contributed by atoms with Gasteiger partial charge in [-0.05, 0) is 62.5 Å². The summed E-state index contributed by atoms with van der Waals surface area (Å²) in [5.74, 6) is -1.19. The van der Waals surface area contributed by atoms with Gasteiger partial charge in [0.15, 0.2) is 0 Å². The zero-order valence-electron chi connectivity index (χ0n) is 18.6. The van der Waals surface area contributed by atoms with Gasteiger partial charge in [-0.3, -0.25) is 9.59 Å². The number of primary amides is 1. The van der Waals surface area contributed by atoms with Crippen molar-refractivity contribution in [3.05, 3.63) is 64.4 Å². The molecule has 174 valence electrons. The second-order valence-electron chi connectivity index (χ2n) is 8.61. The van der Waals surface area contributed by atoms with Gasteiger partial charge in [-0.15, -0.1) is 0 Å². The molecule has 0 spiro atoms. The van der Waals surface area contributed by atoms with E-state index in [2.05, 4.69) is 16.9 Å². The Kier molecular flexibility index (Phi) is 5.71. The van der Waals surface area contributed by atoms with Crippen molar-refractivity contribution in [1.82, 2.24) is 19.8 Å². The van der Waals surface area contributed by atoms with E-state index in [1.54, 1.807) is 24.3 Å². The van der Waals surface area contributed by atoms with Gasteiger partial charge in [0.25, 0.3) is 11.8 Å². The van der Waals surface area contributed by atoms with Crippen molar-refractivity contribution in [1.29, 1.82) is 0 Å². The Bertz CT molecular complexity index is 1450. The highest BCUT2D eigenvalue weighted by Crippen LogP contribution is 2.32. The maximum Gasteiger partial charge on any atom is 0.253 e. The molecular weight excluding hydrogens is 457 g/mol. The Morgan fingerprint density at radius 1 is 1.09 bits per heavy atom. The lowest BCUT2D eigenvalue weighted by Crippen LogP contribution is -2.34. The molecular formula is C25H23ClFN5O2. The molecule has 7 nitrogen and oxygen atoms in total. The number of nitrogens with zero attached hydrogens (tertiary/aromatic N) is 3. The number of H-pyrrole nitrogens is 1. The Labute approximate surface area is 200 Å². The summed E-state index contributed by atoms with van der Waals surface area (Å²) >= 11 is 5.95. The molecule has 2 aromatic heterocycles. The van der Waals surface area contributed by atoms with Crippen molar-refractivity contribution in [3.63, 3.8) is 0 Å². The van der Waals surface area contributed by atoms with Gasteiger partial charge in [0, 0.05) is 41.7 Å². The number of hydrogen-bond donors (Lipinski definition) is 2. The second-order valence-corrected chi connectivity index (χ2v) is 9.01. The second kappa shape index (κ2) is 8.70. The van der Waals surface area contributed by atoms with E-state index in [4.69, 9.17) is 22.3 Å². The minimum absolute atomic E-state index is 0.0272. The minimum Gasteiger partial charge on any atom is -0.366 e. The van der Waals surface area contributed by atoms with Gasteiger partial charge in [-0.25, -0.2) is 9.37 Å². The van der Waals surface area contributed by atoms with Crippen molar-refractivity contribution in [2.45, 2.75) is 6.42 Å². The van der Waals surface area contributed by atoms with Gasteiger partial charge in [0.1, 0.15) is 5.82 Å². The third-order valence-corrected chi connectivity index (χ3v) is 6.58. The SMILES string of the molecule is CN1CCCN(C(=O)c2ccc3c(c2)[nH]c2c(C(N)=O)cc(-c4ccc(F)c(Cl)c4)nc23)CC1. The molecule has 5 rings (SSSR count). The zero-order chi connectivity index (χ0) is 24.0. The number of aromatic nitrogens is 2. The number of likely N-dealkylation sites (N-methyl/N-ethyl adjacent to an activating group) is 1. The number of benzene rings is 2. The van der Waals surface area contributed by atoms with Gasteiger partial charge in [-0.2, -0.15) is 0 Å². The van der Waals surface area contributed by atoms with E-state index in [1.807, 2.05) is 11.0 Å². The quantitative estimate of drug-likeness (QED) is 0.463. The predicted molar refractivity (Wildman–Crippen MR) is 131 cm³/mol. The molecule has 1 saturated heterocycles. The Morgan fingerprint density at radius 3 is 2.68 bits per heavy atom. The van der Waals surface area contributed by atoms with E-state index in [9.17, 15) is 14.0 Å². The molecule has 34 heavy (non-hydrogen) atoms. The highest BCUT2D eigenvalue weighted by molar-refractivity contribution is 6.31. The first-order chi connectivity index (χ1) is 16.3. The molecule has 9 heteroatoms. The summed E-state index contributed by atoms with van der Waals surface area (Å²) in [6.07, 6.45) is 0.930. The topological polar surface area (TPSA) is 95.3 Å². The number of hydrogen-bond acceptors (Lipinski definition) is 4. The number of amides is 2. The van der Waals surface area contributed by atoms with Crippen molar-refractivity contribution < 1.29 is 14.0 Å². The number of carbonyl (C=O) groups excluding carboxylic acids is 2. The van der Waals surface area contributed by atoms with Crippen LogP contribution >= 0.6 is 11.6 Å². The van der Waals surface area contributed by atoms with Crippen LogP contribution in [0.3, 0.4) is 0 Å². The zero-order valence-corrected chi connectivity index (χ0v) is 19.3. The van der Waals surface area contributed by atoms with Crippen LogP contribution in [0.1, 0.15) is 27.1 Å². The van der Waals surface area contributed by atoms with Crippen LogP contribution in [0.15, 0.2) is 42.5 Å². The van der Waals surface area contributed by atoms with Gasteiger partial charge >= 0.3 is 0 Å². The van der Waals surface area contributed by atoms with Crippen LogP contribution < -0.4 is 5.73 Å². The fraction of sp³-hybridized carbons (Fsp3) is 0.240. The van der Waals surface area contributed by atoms with E-state index in [0.29, 0.717) is 46.5 Å². The highest BCUT2D eigenvalue weighted by Gasteiger charge is 2.21. The summed E-state index contributed by atoms with van der Waals surface area (Å²) in [4.78, 5) is 37.4. The van der Waals surface area contributed by atoms with Crippen LogP contribution in [0.5, 0.6) is 0 Å². The van der Waals surface area contributed by atoms with Crippen molar-refractivity contribution >= 4 is 45.4 Å². The van der Waals surface area contributed by atoms with Gasteiger partial charge in [-0.1, -0.05) is 11.6 Å². The maximum atomic E-state index is 13.6. The van der Waals surface area contributed by atoms with E-state index in [0.717, 1.165) is 24.9 Å². The molecule has 0 bridgehead atoms. The van der Waals surface area contributed by atoms with E-state index in [-0.39, 0.29) is 16.5 Å². The molecule has 0 saturated carbocycles. The Hall–Kier alpha value is -3.49. The largest absolute Gasteiger partial charge is 0.366 e. The smallest absolute Gasteiger partial charge is 0.253 e. The molecule has 0 atom stereocenters. The number of nitrogens with one attached hydrogen (secondary N) is 1. The normalized spacial score (nSPS) is 15.1. The highest BCUT2D eigenvalue weighted by atomic mass is 35.5. The Balaban J connectivity index is 1.60. The summed E-state index contributed by atoms with van der Waals surface area (Å²) in [5, 5.41) is 0.710. The van der Waals surface area contributed by atoms with Crippen LogP contribution in [0.25, 0.3) is 33.2 Å². The molecule has 2 amide bonds. The van der Waals surface area contributed by atoms with Crippen molar-refractivity contribution in [2.75, 3.05) is 33.2 Å². The predicted octanol–water partition coefficient (Wildman–Crippen LogP) is 4.05. The molecule has 2 aromatic carbocycles. The standard InChI is InChI=1S/C25H23ClFN5O2/c1-31-7-2-8-32(10-9-31)25(34)15-3-5-16-21(12-15)30-23-17(24(28)33)13-20(29-22(16)23)14-4-6-19(27)18(26)11-14/h3-6,11-13,30H,2,7-10H2,1H3,(H2,28,33). The van der Waals surface area contributed by atoms with E-state index < -0.39 is 11.7 Å². The monoisotopic (exact) mass is 479 g/mol. The number of aromatic amines is 1.